The molecular formula is C43H52ClN7O7S. The average Bonchev–Trinajstić information content (AvgIpc) is 3.76. The number of halogens is 1. The number of hydrogen-bond donors (Lipinski definition) is 1. The van der Waals surface area contributed by atoms with Gasteiger partial charge in [-0.15, -0.1) is 9.46 Å². The third kappa shape index (κ3) is 8.39. The molecule has 1 spiro atoms. The standard InChI is InChI=1S/C43H52ClN7O7S/c1-27-24-59(54,48-41(53)33-22-50(3)46-42(33)56-5)47-40(52)29-9-13-38-35(20-29)51(25-43(26-58-38)16-6-7-28-19-31(44)10-12-34(28)43)21-30-8-11-32(30)37(55-4)15-14-36(27)57-23-39-45-17-18-49(39)2/h9-10,12-15,17-20,22,27,30,32,36-37H,6-8,11,16,21,23-26H2,1-5H3,(H,47,48,52,53,54)/b15-14+/t27-,30+,32-,36+,37+,43+,59?/m1/s1. The van der Waals surface area contributed by atoms with Gasteiger partial charge in [-0.25, -0.2) is 9.19 Å². The van der Waals surface area contributed by atoms with E-state index >= 15 is 4.21 Å². The Morgan fingerprint density at radius 1 is 1.12 bits per heavy atom. The van der Waals surface area contributed by atoms with Gasteiger partial charge in [-0.05, 0) is 85.4 Å². The molecule has 2 amide bonds. The number of imidazole rings is 1. The second kappa shape index (κ2) is 16.7. The van der Waals surface area contributed by atoms with Crippen molar-refractivity contribution in [3.05, 3.63) is 100 Å². The first-order chi connectivity index (χ1) is 28.4. The van der Waals surface area contributed by atoms with Crippen LogP contribution < -0.4 is 19.1 Å². The number of nitrogens with one attached hydrogen (secondary N) is 1. The summed E-state index contributed by atoms with van der Waals surface area (Å²) in [5.41, 5.74) is 3.23. The van der Waals surface area contributed by atoms with Crippen molar-refractivity contribution < 1.29 is 32.7 Å². The van der Waals surface area contributed by atoms with E-state index in [9.17, 15) is 9.59 Å². The maximum absolute atomic E-state index is 15.1. The number of ether oxygens (including phenoxy) is 4. The summed E-state index contributed by atoms with van der Waals surface area (Å²) in [4.78, 5) is 35.0. The molecule has 4 heterocycles. The van der Waals surface area contributed by atoms with Crippen LogP contribution >= 0.6 is 11.6 Å². The minimum absolute atomic E-state index is 0.0481. The van der Waals surface area contributed by atoms with E-state index in [2.05, 4.69) is 36.2 Å². The SMILES string of the molecule is COc1nn(C)cc1C(=O)NS1(=O)=NC(=O)c2ccc3c(c2)N(C[C@@H]2CC[C@H]2[C@@H](OC)/C=C/[C@H](OCc2nccn2C)[C@H](C)C1)C[C@@]1(CCCc2cc(Cl)ccc21)CO3. The number of benzene rings is 2. The van der Waals surface area contributed by atoms with Gasteiger partial charge in [0.25, 0.3) is 11.8 Å². The van der Waals surface area contributed by atoms with E-state index in [-0.39, 0.29) is 46.8 Å². The highest BCUT2D eigenvalue weighted by atomic mass is 35.5. The Kier molecular flexibility index (Phi) is 11.7. The fourth-order valence-corrected chi connectivity index (χ4v) is 11.3. The number of amides is 2. The van der Waals surface area contributed by atoms with E-state index in [1.54, 1.807) is 32.5 Å². The zero-order chi connectivity index (χ0) is 41.5. The average molecular weight is 846 g/mol. The lowest BCUT2D eigenvalue weighted by Gasteiger charge is -2.46. The van der Waals surface area contributed by atoms with Crippen LogP contribution in [0.3, 0.4) is 0 Å². The first kappa shape index (κ1) is 41.1. The molecule has 16 heteroatoms. The second-order valence-corrected chi connectivity index (χ2v) is 18.9. The molecule has 1 N–H and O–H groups in total. The smallest absolute Gasteiger partial charge is 0.286 e. The number of fused-ring (bicyclic) bond motifs is 4. The summed E-state index contributed by atoms with van der Waals surface area (Å²) in [5, 5.41) is 4.91. The topological polar surface area (TPSA) is 151 Å². The number of nitrogens with zero attached hydrogens (tertiary/aromatic N) is 6. The fraction of sp³-hybridized carbons (Fsp3) is 0.488. The van der Waals surface area contributed by atoms with Gasteiger partial charge in [0.15, 0.2) is 0 Å². The Labute approximate surface area is 350 Å². The first-order valence-corrected chi connectivity index (χ1v) is 22.2. The molecule has 2 aromatic carbocycles. The number of methoxy groups -OCH3 is 2. The Morgan fingerprint density at radius 2 is 1.95 bits per heavy atom. The predicted octanol–water partition coefficient (Wildman–Crippen LogP) is 6.07. The van der Waals surface area contributed by atoms with Crippen molar-refractivity contribution in [2.75, 3.05) is 44.6 Å². The summed E-state index contributed by atoms with van der Waals surface area (Å²) in [5.74, 6) is -0.253. The highest BCUT2D eigenvalue weighted by Gasteiger charge is 2.44. The van der Waals surface area contributed by atoms with Crippen LogP contribution in [-0.4, -0.2) is 87.2 Å². The van der Waals surface area contributed by atoms with Crippen molar-refractivity contribution in [1.29, 1.82) is 0 Å². The molecule has 2 aromatic heterocycles. The number of rotatable bonds is 7. The molecule has 2 aliphatic carbocycles. The Balaban J connectivity index is 1.22. The van der Waals surface area contributed by atoms with Crippen LogP contribution in [0, 0.1) is 17.8 Å². The normalized spacial score (nSPS) is 28.6. The number of aryl methyl sites for hydroxylation is 3. The molecule has 59 heavy (non-hydrogen) atoms. The van der Waals surface area contributed by atoms with Crippen LogP contribution in [0.25, 0.3) is 0 Å². The number of hydrogen-bond acceptors (Lipinski definition) is 10. The third-order valence-electron chi connectivity index (χ3n) is 12.5. The Hall–Kier alpha value is -4.70. The lowest BCUT2D eigenvalue weighted by molar-refractivity contribution is 0.00960. The molecule has 0 saturated heterocycles. The van der Waals surface area contributed by atoms with Crippen molar-refractivity contribution in [2.45, 2.75) is 63.3 Å². The van der Waals surface area contributed by atoms with Gasteiger partial charge < -0.3 is 28.4 Å². The molecule has 314 valence electrons. The Morgan fingerprint density at radius 3 is 2.69 bits per heavy atom. The van der Waals surface area contributed by atoms with Crippen LogP contribution in [0.5, 0.6) is 11.6 Å². The Bertz CT molecular complexity index is 2390. The van der Waals surface area contributed by atoms with E-state index in [4.69, 9.17) is 30.5 Å². The van der Waals surface area contributed by atoms with Gasteiger partial charge in [0.2, 0.25) is 5.88 Å². The maximum atomic E-state index is 15.1. The summed E-state index contributed by atoms with van der Waals surface area (Å²) in [6.45, 7) is 3.89. The van der Waals surface area contributed by atoms with E-state index in [0.29, 0.717) is 37.2 Å². The van der Waals surface area contributed by atoms with Crippen LogP contribution in [0.4, 0.5) is 5.69 Å². The highest BCUT2D eigenvalue weighted by Crippen LogP contribution is 2.47. The molecule has 0 radical (unpaired) electrons. The minimum atomic E-state index is -3.81. The fourth-order valence-electron chi connectivity index (χ4n) is 9.23. The molecular weight excluding hydrogens is 794 g/mol. The number of carbonyl (C=O) groups excluding carboxylic acids is 2. The largest absolute Gasteiger partial charge is 0.490 e. The lowest BCUT2D eigenvalue weighted by Crippen LogP contribution is -2.49. The van der Waals surface area contributed by atoms with Crippen LogP contribution in [0.15, 0.2) is 71.5 Å². The van der Waals surface area contributed by atoms with E-state index < -0.39 is 33.8 Å². The summed E-state index contributed by atoms with van der Waals surface area (Å²) < 4.78 is 50.1. The third-order valence-corrected chi connectivity index (χ3v) is 14.7. The van der Waals surface area contributed by atoms with Gasteiger partial charge in [-0.2, -0.15) is 0 Å². The van der Waals surface area contributed by atoms with Gasteiger partial charge in [-0.3, -0.25) is 19.0 Å². The van der Waals surface area contributed by atoms with Gasteiger partial charge in [0.1, 0.15) is 33.7 Å². The number of aromatic nitrogens is 4. The molecule has 1 unspecified atom stereocenters. The van der Waals surface area contributed by atoms with Crippen molar-refractivity contribution in [1.82, 2.24) is 24.1 Å². The van der Waals surface area contributed by atoms with E-state index in [1.165, 1.54) is 29.1 Å². The number of anilines is 1. The van der Waals surface area contributed by atoms with Crippen molar-refractivity contribution >= 4 is 39.0 Å². The molecule has 1 saturated carbocycles. The summed E-state index contributed by atoms with van der Waals surface area (Å²) in [7, 11) is 2.85. The van der Waals surface area contributed by atoms with Crippen LogP contribution in [-0.2, 0) is 51.9 Å². The van der Waals surface area contributed by atoms with Crippen molar-refractivity contribution in [3.8, 4) is 11.6 Å². The molecule has 2 aliphatic heterocycles. The van der Waals surface area contributed by atoms with Crippen LogP contribution in [0.1, 0.15) is 70.3 Å². The van der Waals surface area contributed by atoms with Gasteiger partial charge in [0, 0.05) is 74.8 Å². The zero-order valence-corrected chi connectivity index (χ0v) is 35.7. The van der Waals surface area contributed by atoms with Crippen LogP contribution in [0.2, 0.25) is 5.02 Å². The van der Waals surface area contributed by atoms with Gasteiger partial charge in [-0.1, -0.05) is 36.7 Å². The second-order valence-electron chi connectivity index (χ2n) is 16.4. The van der Waals surface area contributed by atoms with E-state index in [0.717, 1.165) is 42.8 Å². The first-order valence-electron chi connectivity index (χ1n) is 20.2. The van der Waals surface area contributed by atoms with Gasteiger partial charge >= 0.3 is 0 Å². The number of carbonyl (C=O) groups is 2. The minimum Gasteiger partial charge on any atom is -0.490 e. The molecule has 1 fully saturated rings. The quantitative estimate of drug-likeness (QED) is 0.217. The molecule has 2 bridgehead atoms. The lowest BCUT2D eigenvalue weighted by atomic mass is 9.68. The van der Waals surface area contributed by atoms with Gasteiger partial charge in [0.05, 0.1) is 37.4 Å². The highest BCUT2D eigenvalue weighted by molar-refractivity contribution is 7.92. The summed E-state index contributed by atoms with van der Waals surface area (Å²) in [6, 6.07) is 11.5. The van der Waals surface area contributed by atoms with Crippen molar-refractivity contribution in [2.24, 2.45) is 36.2 Å². The molecule has 4 aromatic rings. The molecule has 7 atom stereocenters. The molecule has 8 rings (SSSR count). The zero-order valence-electron chi connectivity index (χ0n) is 34.1. The van der Waals surface area contributed by atoms with Crippen molar-refractivity contribution in [3.63, 3.8) is 0 Å². The molecule has 4 aliphatic rings. The maximum Gasteiger partial charge on any atom is 0.286 e. The molecule has 14 nitrogen and oxygen atoms in total. The summed E-state index contributed by atoms with van der Waals surface area (Å²) in [6.07, 6.45) is 13.1. The predicted molar refractivity (Wildman–Crippen MR) is 224 cm³/mol. The van der Waals surface area contributed by atoms with E-state index in [1.807, 2.05) is 49.0 Å². The monoisotopic (exact) mass is 845 g/mol. The summed E-state index contributed by atoms with van der Waals surface area (Å²) >= 11 is 6.50.